The lowest BCUT2D eigenvalue weighted by molar-refractivity contribution is 0.242. The van der Waals surface area contributed by atoms with Crippen LogP contribution in [0.2, 0.25) is 0 Å². The average molecular weight is 300 g/mol. The van der Waals surface area contributed by atoms with Crippen molar-refractivity contribution in [3.63, 3.8) is 0 Å². The molecule has 0 aliphatic carbocycles. The zero-order valence-corrected chi connectivity index (χ0v) is 12.9. The predicted octanol–water partition coefficient (Wildman–Crippen LogP) is 3.12. The summed E-state index contributed by atoms with van der Waals surface area (Å²) in [6.07, 6.45) is 7.65. The molecule has 5 heteroatoms. The van der Waals surface area contributed by atoms with Crippen LogP contribution in [0.1, 0.15) is 19.3 Å². The molecule has 2 aromatic heterocycles. The highest BCUT2D eigenvalue weighted by Crippen LogP contribution is 2.19. The third kappa shape index (κ3) is 4.25. The second kappa shape index (κ2) is 7.52. The van der Waals surface area contributed by atoms with Crippen molar-refractivity contribution < 1.29 is 0 Å². The number of aromatic nitrogens is 3. The van der Waals surface area contributed by atoms with Gasteiger partial charge in [0.2, 0.25) is 0 Å². The van der Waals surface area contributed by atoms with Crippen LogP contribution in [0, 0.1) is 0 Å². The van der Waals surface area contributed by atoms with E-state index in [1.165, 1.54) is 32.4 Å². The van der Waals surface area contributed by atoms with Crippen molar-refractivity contribution in [1.29, 1.82) is 0 Å². The van der Waals surface area contributed by atoms with Crippen molar-refractivity contribution in [2.24, 2.45) is 0 Å². The Bertz CT molecular complexity index is 538. The minimum atomic E-state index is 0.901. The van der Waals surface area contributed by atoms with Gasteiger partial charge in [-0.15, -0.1) is 22.0 Å². The Kier molecular flexibility index (Phi) is 5.18. The summed E-state index contributed by atoms with van der Waals surface area (Å²) < 4.78 is 0. The van der Waals surface area contributed by atoms with Crippen LogP contribution in [-0.2, 0) is 0 Å². The maximum absolute atomic E-state index is 4.31. The van der Waals surface area contributed by atoms with Gasteiger partial charge in [-0.05, 0) is 50.2 Å². The van der Waals surface area contributed by atoms with E-state index < -0.39 is 0 Å². The van der Waals surface area contributed by atoms with Crippen LogP contribution in [0.25, 0.3) is 11.3 Å². The van der Waals surface area contributed by atoms with Crippen LogP contribution in [0.5, 0.6) is 0 Å². The molecular formula is C16H20N4S. The largest absolute Gasteiger partial charge is 0.303 e. The molecule has 4 nitrogen and oxygen atoms in total. The monoisotopic (exact) mass is 300 g/mol. The maximum atomic E-state index is 4.31. The lowest BCUT2D eigenvalue weighted by Gasteiger charge is -2.25. The van der Waals surface area contributed by atoms with Crippen molar-refractivity contribution >= 4 is 11.8 Å². The van der Waals surface area contributed by atoms with Gasteiger partial charge in [-0.2, -0.15) is 0 Å². The first-order chi connectivity index (χ1) is 10.4. The first-order valence-corrected chi connectivity index (χ1v) is 8.50. The number of piperidine rings is 1. The first kappa shape index (κ1) is 14.5. The number of pyridine rings is 1. The van der Waals surface area contributed by atoms with Crippen molar-refractivity contribution in [2.75, 3.05) is 25.4 Å². The van der Waals surface area contributed by atoms with E-state index in [1.807, 2.05) is 18.2 Å². The van der Waals surface area contributed by atoms with E-state index in [1.54, 1.807) is 24.2 Å². The Labute approximate surface area is 130 Å². The molecule has 3 rings (SSSR count). The summed E-state index contributed by atoms with van der Waals surface area (Å²) in [6.45, 7) is 3.67. The SMILES string of the molecule is c1cc(-c2ccc(SCCN3CCCCC3)nn2)ccn1. The highest BCUT2D eigenvalue weighted by atomic mass is 32.2. The Morgan fingerprint density at radius 1 is 0.952 bits per heavy atom. The van der Waals surface area contributed by atoms with E-state index in [2.05, 4.69) is 26.1 Å². The normalized spacial score (nSPS) is 16.0. The molecule has 0 amide bonds. The fourth-order valence-electron chi connectivity index (χ4n) is 2.54. The lowest BCUT2D eigenvalue weighted by atomic mass is 10.1. The number of hydrogen-bond donors (Lipinski definition) is 0. The van der Waals surface area contributed by atoms with Gasteiger partial charge in [0, 0.05) is 30.3 Å². The van der Waals surface area contributed by atoms with Crippen LogP contribution in [0.3, 0.4) is 0 Å². The lowest BCUT2D eigenvalue weighted by Crippen LogP contribution is -2.31. The van der Waals surface area contributed by atoms with Crippen LogP contribution < -0.4 is 0 Å². The summed E-state index contributed by atoms with van der Waals surface area (Å²) in [6, 6.07) is 8.00. The van der Waals surface area contributed by atoms with E-state index in [4.69, 9.17) is 0 Å². The molecule has 0 aromatic carbocycles. The Morgan fingerprint density at radius 3 is 2.48 bits per heavy atom. The number of likely N-dealkylation sites (tertiary alicyclic amines) is 1. The van der Waals surface area contributed by atoms with Crippen molar-refractivity contribution in [1.82, 2.24) is 20.1 Å². The molecule has 21 heavy (non-hydrogen) atoms. The van der Waals surface area contributed by atoms with Crippen LogP contribution in [0.4, 0.5) is 0 Å². The van der Waals surface area contributed by atoms with Gasteiger partial charge in [0.05, 0.1) is 5.69 Å². The molecule has 0 atom stereocenters. The second-order valence-electron chi connectivity index (χ2n) is 5.24. The summed E-state index contributed by atoms with van der Waals surface area (Å²) in [5, 5.41) is 9.62. The van der Waals surface area contributed by atoms with Gasteiger partial charge >= 0.3 is 0 Å². The van der Waals surface area contributed by atoms with Gasteiger partial charge in [-0.25, -0.2) is 0 Å². The van der Waals surface area contributed by atoms with Crippen LogP contribution >= 0.6 is 11.8 Å². The van der Waals surface area contributed by atoms with Gasteiger partial charge in [0.15, 0.2) is 0 Å². The molecule has 110 valence electrons. The summed E-state index contributed by atoms with van der Waals surface area (Å²) in [5.74, 6) is 1.09. The summed E-state index contributed by atoms with van der Waals surface area (Å²) in [7, 11) is 0. The molecule has 0 N–H and O–H groups in total. The predicted molar refractivity (Wildman–Crippen MR) is 86.3 cm³/mol. The molecule has 0 saturated carbocycles. The molecule has 1 aliphatic rings. The van der Waals surface area contributed by atoms with E-state index >= 15 is 0 Å². The first-order valence-electron chi connectivity index (χ1n) is 7.51. The molecule has 0 spiro atoms. The minimum Gasteiger partial charge on any atom is -0.303 e. The molecule has 1 saturated heterocycles. The molecule has 2 aromatic rings. The number of rotatable bonds is 5. The summed E-state index contributed by atoms with van der Waals surface area (Å²) >= 11 is 1.79. The van der Waals surface area contributed by atoms with E-state index in [9.17, 15) is 0 Å². The van der Waals surface area contributed by atoms with Crippen molar-refractivity contribution in [2.45, 2.75) is 24.3 Å². The van der Waals surface area contributed by atoms with E-state index in [0.29, 0.717) is 0 Å². The van der Waals surface area contributed by atoms with Gasteiger partial charge in [-0.3, -0.25) is 4.98 Å². The van der Waals surface area contributed by atoms with Gasteiger partial charge < -0.3 is 4.90 Å². The van der Waals surface area contributed by atoms with Crippen molar-refractivity contribution in [3.8, 4) is 11.3 Å². The molecule has 0 unspecified atom stereocenters. The molecule has 0 bridgehead atoms. The van der Waals surface area contributed by atoms with Gasteiger partial charge in [0.1, 0.15) is 5.03 Å². The smallest absolute Gasteiger partial charge is 0.119 e. The zero-order chi connectivity index (χ0) is 14.3. The molecule has 3 heterocycles. The Balaban J connectivity index is 1.50. The van der Waals surface area contributed by atoms with Crippen LogP contribution in [-0.4, -0.2) is 45.5 Å². The second-order valence-corrected chi connectivity index (χ2v) is 6.36. The third-order valence-corrected chi connectivity index (χ3v) is 4.62. The number of nitrogens with zero attached hydrogens (tertiary/aromatic N) is 4. The standard InChI is InChI=1S/C16H20N4S/c1-2-10-20(11-3-1)12-13-21-16-5-4-15(18-19-16)14-6-8-17-9-7-14/h4-9H,1-3,10-13H2. The maximum Gasteiger partial charge on any atom is 0.119 e. The number of hydrogen-bond acceptors (Lipinski definition) is 5. The Hall–Kier alpha value is -1.46. The zero-order valence-electron chi connectivity index (χ0n) is 12.1. The topological polar surface area (TPSA) is 41.9 Å². The molecule has 0 radical (unpaired) electrons. The highest BCUT2D eigenvalue weighted by Gasteiger charge is 2.09. The number of thioether (sulfide) groups is 1. The van der Waals surface area contributed by atoms with Gasteiger partial charge in [-0.1, -0.05) is 6.42 Å². The van der Waals surface area contributed by atoms with E-state index in [0.717, 1.165) is 28.6 Å². The fourth-order valence-corrected chi connectivity index (χ4v) is 3.36. The Morgan fingerprint density at radius 2 is 1.76 bits per heavy atom. The summed E-state index contributed by atoms with van der Waals surface area (Å²) in [4.78, 5) is 6.57. The van der Waals surface area contributed by atoms with E-state index in [-0.39, 0.29) is 0 Å². The highest BCUT2D eigenvalue weighted by molar-refractivity contribution is 7.99. The van der Waals surface area contributed by atoms with Crippen LogP contribution in [0.15, 0.2) is 41.7 Å². The van der Waals surface area contributed by atoms with Crippen molar-refractivity contribution in [3.05, 3.63) is 36.7 Å². The third-order valence-electron chi connectivity index (χ3n) is 3.72. The molecular weight excluding hydrogens is 280 g/mol. The van der Waals surface area contributed by atoms with Gasteiger partial charge in [0.25, 0.3) is 0 Å². The average Bonchev–Trinajstić information content (AvgIpc) is 2.57. The minimum absolute atomic E-state index is 0.901. The fraction of sp³-hybridized carbons (Fsp3) is 0.438. The molecule has 1 aliphatic heterocycles. The molecule has 1 fully saturated rings. The quantitative estimate of drug-likeness (QED) is 0.794. The summed E-state index contributed by atoms with van der Waals surface area (Å²) in [5.41, 5.74) is 1.96.